The summed E-state index contributed by atoms with van der Waals surface area (Å²) in [6.07, 6.45) is 0.139. The summed E-state index contributed by atoms with van der Waals surface area (Å²) in [5, 5.41) is 13.2. The first-order chi connectivity index (χ1) is 15.0. The zero-order valence-corrected chi connectivity index (χ0v) is 17.4. The summed E-state index contributed by atoms with van der Waals surface area (Å²) in [7, 11) is 1.56. The van der Waals surface area contributed by atoms with Crippen molar-refractivity contribution in [3.8, 4) is 5.75 Å². The first-order valence-electron chi connectivity index (χ1n) is 9.46. The fourth-order valence-electron chi connectivity index (χ4n) is 3.09. The van der Waals surface area contributed by atoms with Gasteiger partial charge < -0.3 is 15.4 Å². The van der Waals surface area contributed by atoms with Crippen molar-refractivity contribution in [2.24, 2.45) is 0 Å². The van der Waals surface area contributed by atoms with E-state index >= 15 is 0 Å². The van der Waals surface area contributed by atoms with Crippen molar-refractivity contribution in [3.63, 3.8) is 0 Å². The van der Waals surface area contributed by atoms with E-state index in [4.69, 9.17) is 4.74 Å². The van der Waals surface area contributed by atoms with Gasteiger partial charge in [-0.15, -0.1) is 11.3 Å². The van der Waals surface area contributed by atoms with Gasteiger partial charge in [-0.05, 0) is 29.8 Å². The third-order valence-corrected chi connectivity index (χ3v) is 5.68. The number of rotatable bonds is 7. The highest BCUT2D eigenvalue weighted by atomic mass is 32.1. The molecule has 0 fully saturated rings. The first-order valence-corrected chi connectivity index (χ1v) is 10.3. The van der Waals surface area contributed by atoms with Crippen LogP contribution in [-0.2, 0) is 17.8 Å². The molecule has 9 heteroatoms. The number of hydrogen-bond donors (Lipinski definition) is 3. The summed E-state index contributed by atoms with van der Waals surface area (Å²) < 4.78 is 18.3. The van der Waals surface area contributed by atoms with Gasteiger partial charge in [0.15, 0.2) is 0 Å². The average molecular weight is 438 g/mol. The molecule has 0 bridgehead atoms. The minimum atomic E-state index is -0.324. The van der Waals surface area contributed by atoms with Crippen LogP contribution in [0.25, 0.3) is 10.2 Å². The number of amides is 2. The Morgan fingerprint density at radius 1 is 1.16 bits per heavy atom. The summed E-state index contributed by atoms with van der Waals surface area (Å²) in [5.74, 6) is 0.253. The van der Waals surface area contributed by atoms with Crippen molar-refractivity contribution < 1.29 is 18.7 Å². The molecule has 2 aromatic carbocycles. The van der Waals surface area contributed by atoms with E-state index in [-0.39, 0.29) is 30.6 Å². The molecule has 0 aliphatic rings. The van der Waals surface area contributed by atoms with E-state index in [1.807, 2.05) is 18.2 Å². The summed E-state index contributed by atoms with van der Waals surface area (Å²) in [4.78, 5) is 26.1. The molecule has 7 nitrogen and oxygen atoms in total. The molecule has 2 aromatic heterocycles. The normalized spacial score (nSPS) is 10.8. The summed E-state index contributed by atoms with van der Waals surface area (Å²) in [6.45, 7) is 0.281. The zero-order valence-electron chi connectivity index (χ0n) is 16.6. The number of para-hydroxylation sites is 1. The van der Waals surface area contributed by atoms with Crippen LogP contribution < -0.4 is 15.4 Å². The second kappa shape index (κ2) is 8.97. The highest BCUT2D eigenvalue weighted by Gasteiger charge is 2.17. The molecular formula is C22H19FN4O3S. The topological polar surface area (TPSA) is 96.1 Å². The van der Waals surface area contributed by atoms with Crippen molar-refractivity contribution in [3.05, 3.63) is 76.4 Å². The standard InChI is InChI=1S/C22H19FN4O3S/c1-30-17-5-3-2-4-14(17)10-19(28)25-20-16-11-18(31-22(16)27-26-20)21(29)24-12-13-6-8-15(23)9-7-13/h2-9,11H,10,12H2,1H3,(H,24,29)(H2,25,26,27,28). The van der Waals surface area contributed by atoms with Gasteiger partial charge in [0.1, 0.15) is 22.2 Å². The van der Waals surface area contributed by atoms with Gasteiger partial charge >= 0.3 is 0 Å². The molecule has 0 aliphatic carbocycles. The highest BCUT2D eigenvalue weighted by Crippen LogP contribution is 2.29. The van der Waals surface area contributed by atoms with Crippen LogP contribution in [0.2, 0.25) is 0 Å². The Labute approximate surface area is 181 Å². The number of nitrogens with one attached hydrogen (secondary N) is 3. The Morgan fingerprint density at radius 3 is 2.71 bits per heavy atom. The molecule has 0 aliphatic heterocycles. The Morgan fingerprint density at radius 2 is 1.94 bits per heavy atom. The van der Waals surface area contributed by atoms with Gasteiger partial charge in [0.2, 0.25) is 5.91 Å². The molecule has 0 saturated carbocycles. The molecule has 3 N–H and O–H groups in total. The molecule has 4 rings (SSSR count). The van der Waals surface area contributed by atoms with Crippen molar-refractivity contribution >= 4 is 39.2 Å². The number of aromatic amines is 1. The Balaban J connectivity index is 1.42. The van der Waals surface area contributed by atoms with E-state index in [0.717, 1.165) is 11.1 Å². The minimum Gasteiger partial charge on any atom is -0.496 e. The zero-order chi connectivity index (χ0) is 21.8. The number of methoxy groups -OCH3 is 1. The average Bonchev–Trinajstić information content (AvgIpc) is 3.35. The molecule has 2 heterocycles. The van der Waals surface area contributed by atoms with E-state index in [2.05, 4.69) is 20.8 Å². The van der Waals surface area contributed by atoms with Gasteiger partial charge in [-0.2, -0.15) is 5.10 Å². The highest BCUT2D eigenvalue weighted by molar-refractivity contribution is 7.20. The van der Waals surface area contributed by atoms with E-state index in [0.29, 0.717) is 26.7 Å². The number of hydrogen-bond acceptors (Lipinski definition) is 5. The molecule has 158 valence electrons. The number of anilines is 1. The largest absolute Gasteiger partial charge is 0.496 e. The van der Waals surface area contributed by atoms with Gasteiger partial charge in [-0.3, -0.25) is 14.7 Å². The van der Waals surface area contributed by atoms with Crippen molar-refractivity contribution in [2.45, 2.75) is 13.0 Å². The van der Waals surface area contributed by atoms with Gasteiger partial charge in [0, 0.05) is 12.1 Å². The third-order valence-electron chi connectivity index (χ3n) is 4.65. The van der Waals surface area contributed by atoms with Gasteiger partial charge in [0.25, 0.3) is 5.91 Å². The van der Waals surface area contributed by atoms with E-state index in [1.54, 1.807) is 31.4 Å². The van der Waals surface area contributed by atoms with Crippen LogP contribution >= 0.6 is 11.3 Å². The van der Waals surface area contributed by atoms with E-state index < -0.39 is 0 Å². The lowest BCUT2D eigenvalue weighted by Crippen LogP contribution is -2.21. The Kier molecular flexibility index (Phi) is 5.94. The third kappa shape index (κ3) is 4.72. The van der Waals surface area contributed by atoms with Crippen LogP contribution in [0.5, 0.6) is 5.75 Å². The SMILES string of the molecule is COc1ccccc1CC(=O)Nc1[nH]nc2sc(C(=O)NCc3ccc(F)cc3)cc12. The fourth-order valence-corrected chi connectivity index (χ4v) is 4.01. The van der Waals surface area contributed by atoms with Crippen molar-refractivity contribution in [1.29, 1.82) is 0 Å². The van der Waals surface area contributed by atoms with E-state index in [9.17, 15) is 14.0 Å². The predicted octanol–water partition coefficient (Wildman–Crippen LogP) is 3.88. The quantitative estimate of drug-likeness (QED) is 0.408. The van der Waals surface area contributed by atoms with Gasteiger partial charge in [-0.1, -0.05) is 30.3 Å². The molecule has 0 radical (unpaired) electrons. The first kappa shape index (κ1) is 20.5. The smallest absolute Gasteiger partial charge is 0.261 e. The summed E-state index contributed by atoms with van der Waals surface area (Å²) in [6, 6.07) is 14.9. The van der Waals surface area contributed by atoms with Gasteiger partial charge in [0.05, 0.1) is 23.8 Å². The maximum atomic E-state index is 13.0. The number of carbonyl (C=O) groups excluding carboxylic acids is 2. The molecule has 0 spiro atoms. The fraction of sp³-hybridized carbons (Fsp3) is 0.136. The number of carbonyl (C=O) groups is 2. The predicted molar refractivity (Wildman–Crippen MR) is 117 cm³/mol. The molecule has 0 saturated heterocycles. The molecule has 31 heavy (non-hydrogen) atoms. The van der Waals surface area contributed by atoms with Crippen molar-refractivity contribution in [1.82, 2.24) is 15.5 Å². The maximum Gasteiger partial charge on any atom is 0.261 e. The summed E-state index contributed by atoms with van der Waals surface area (Å²) in [5.41, 5.74) is 1.56. The minimum absolute atomic E-state index is 0.139. The molecule has 4 aromatic rings. The Bertz CT molecular complexity index is 1230. The maximum absolute atomic E-state index is 13.0. The lowest BCUT2D eigenvalue weighted by molar-refractivity contribution is -0.115. The van der Waals surface area contributed by atoms with Crippen LogP contribution in [0.4, 0.5) is 10.2 Å². The van der Waals surface area contributed by atoms with Crippen LogP contribution in [0, 0.1) is 5.82 Å². The number of halogens is 1. The molecule has 2 amide bonds. The van der Waals surface area contributed by atoms with Crippen LogP contribution in [0.15, 0.2) is 54.6 Å². The number of fused-ring (bicyclic) bond motifs is 1. The molecule has 0 unspecified atom stereocenters. The number of benzene rings is 2. The van der Waals surface area contributed by atoms with Gasteiger partial charge in [-0.25, -0.2) is 4.39 Å². The molecular weight excluding hydrogens is 419 g/mol. The van der Waals surface area contributed by atoms with Crippen molar-refractivity contribution in [2.75, 3.05) is 12.4 Å². The van der Waals surface area contributed by atoms with E-state index in [1.165, 1.54) is 23.5 Å². The van der Waals surface area contributed by atoms with Crippen LogP contribution in [-0.4, -0.2) is 29.1 Å². The Hall–Kier alpha value is -3.72. The molecule has 0 atom stereocenters. The number of aromatic nitrogens is 2. The lowest BCUT2D eigenvalue weighted by atomic mass is 10.1. The van der Waals surface area contributed by atoms with Crippen LogP contribution in [0.1, 0.15) is 20.8 Å². The second-order valence-corrected chi connectivity index (χ2v) is 7.80. The number of H-pyrrole nitrogens is 1. The lowest BCUT2D eigenvalue weighted by Gasteiger charge is -2.08. The number of thiophene rings is 1. The summed E-state index contributed by atoms with van der Waals surface area (Å²) >= 11 is 1.22. The number of ether oxygens (including phenoxy) is 1. The number of nitrogens with zero attached hydrogens (tertiary/aromatic N) is 1. The second-order valence-electron chi connectivity index (χ2n) is 6.77. The van der Waals surface area contributed by atoms with Crippen LogP contribution in [0.3, 0.4) is 0 Å². The monoisotopic (exact) mass is 438 g/mol.